The van der Waals surface area contributed by atoms with Crippen molar-refractivity contribution < 1.29 is 9.59 Å². The largest absolute Gasteiger partial charge is 0.340 e. The first-order valence-electron chi connectivity index (χ1n) is 8.92. The number of likely N-dealkylation sites (N-methyl/N-ethyl adjacent to an activating group) is 1. The van der Waals surface area contributed by atoms with Gasteiger partial charge in [-0.15, -0.1) is 11.8 Å². The zero-order chi connectivity index (χ0) is 18.4. The summed E-state index contributed by atoms with van der Waals surface area (Å²) in [5, 5.41) is 0. The number of carbonyl (C=O) groups excluding carboxylic acids is 2. The molecule has 0 radical (unpaired) electrons. The fourth-order valence-corrected chi connectivity index (χ4v) is 5.14. The van der Waals surface area contributed by atoms with Crippen molar-refractivity contribution in [2.24, 2.45) is 0 Å². The molecule has 25 heavy (non-hydrogen) atoms. The van der Waals surface area contributed by atoms with Crippen LogP contribution in [0.15, 0.2) is 24.3 Å². The molecule has 2 atom stereocenters. The average Bonchev–Trinajstić information content (AvgIpc) is 3.03. The molecule has 2 heterocycles. The predicted octanol–water partition coefficient (Wildman–Crippen LogP) is 3.40. The van der Waals surface area contributed by atoms with Crippen LogP contribution in [0.3, 0.4) is 0 Å². The minimum Gasteiger partial charge on any atom is -0.340 e. The summed E-state index contributed by atoms with van der Waals surface area (Å²) in [4.78, 5) is 28.6. The molecule has 0 N–H and O–H groups in total. The van der Waals surface area contributed by atoms with Crippen molar-refractivity contribution in [1.82, 2.24) is 9.80 Å². The van der Waals surface area contributed by atoms with E-state index in [4.69, 9.17) is 0 Å². The SMILES string of the molecule is CN(Cc1ccc(C(C)(C)C)cc1)C(=O)[C@H]1CS[C@]2(C)CCC(=O)N12. The van der Waals surface area contributed by atoms with Gasteiger partial charge in [0, 0.05) is 25.8 Å². The van der Waals surface area contributed by atoms with Crippen molar-refractivity contribution in [3.63, 3.8) is 0 Å². The van der Waals surface area contributed by atoms with Gasteiger partial charge in [-0.3, -0.25) is 9.59 Å². The van der Waals surface area contributed by atoms with E-state index in [1.807, 2.05) is 11.9 Å². The second-order valence-electron chi connectivity index (χ2n) is 8.41. The zero-order valence-corrected chi connectivity index (χ0v) is 16.7. The number of carbonyl (C=O) groups is 2. The van der Waals surface area contributed by atoms with E-state index in [1.165, 1.54) is 5.56 Å². The summed E-state index contributed by atoms with van der Waals surface area (Å²) >= 11 is 1.74. The molecule has 0 bridgehead atoms. The smallest absolute Gasteiger partial charge is 0.246 e. The number of nitrogens with zero attached hydrogens (tertiary/aromatic N) is 2. The van der Waals surface area contributed by atoms with Crippen LogP contribution < -0.4 is 0 Å². The highest BCUT2D eigenvalue weighted by molar-refractivity contribution is 8.01. The van der Waals surface area contributed by atoms with Crippen LogP contribution in [0.4, 0.5) is 0 Å². The number of fused-ring (bicyclic) bond motifs is 1. The first-order chi connectivity index (χ1) is 11.6. The Morgan fingerprint density at radius 1 is 1.32 bits per heavy atom. The fourth-order valence-electron chi connectivity index (χ4n) is 3.72. The Hall–Kier alpha value is -1.49. The maximum Gasteiger partial charge on any atom is 0.246 e. The molecule has 0 saturated carbocycles. The Bertz CT molecular complexity index is 680. The summed E-state index contributed by atoms with van der Waals surface area (Å²) in [7, 11) is 1.83. The van der Waals surface area contributed by atoms with E-state index in [9.17, 15) is 9.59 Å². The molecule has 2 amide bonds. The Labute approximate surface area is 154 Å². The van der Waals surface area contributed by atoms with Crippen LogP contribution in [-0.4, -0.2) is 45.3 Å². The van der Waals surface area contributed by atoms with Crippen LogP contribution in [0.5, 0.6) is 0 Å². The molecule has 0 unspecified atom stereocenters. The Morgan fingerprint density at radius 3 is 2.56 bits per heavy atom. The average molecular weight is 361 g/mol. The molecule has 136 valence electrons. The van der Waals surface area contributed by atoms with E-state index in [-0.39, 0.29) is 28.1 Å². The second kappa shape index (κ2) is 6.35. The molecule has 2 fully saturated rings. The number of amides is 2. The van der Waals surface area contributed by atoms with E-state index in [2.05, 4.69) is 52.0 Å². The van der Waals surface area contributed by atoms with Crippen molar-refractivity contribution in [2.75, 3.05) is 12.8 Å². The molecule has 1 aromatic carbocycles. The van der Waals surface area contributed by atoms with Gasteiger partial charge in [0.15, 0.2) is 0 Å². The van der Waals surface area contributed by atoms with Crippen LogP contribution >= 0.6 is 11.8 Å². The van der Waals surface area contributed by atoms with E-state index < -0.39 is 0 Å². The van der Waals surface area contributed by atoms with Gasteiger partial charge in [-0.25, -0.2) is 0 Å². The molecule has 2 aliphatic heterocycles. The van der Waals surface area contributed by atoms with E-state index in [1.54, 1.807) is 16.7 Å². The normalized spacial score (nSPS) is 26.0. The lowest BCUT2D eigenvalue weighted by Gasteiger charge is -2.32. The zero-order valence-electron chi connectivity index (χ0n) is 15.8. The van der Waals surface area contributed by atoms with Crippen molar-refractivity contribution >= 4 is 23.6 Å². The van der Waals surface area contributed by atoms with Crippen molar-refractivity contribution in [1.29, 1.82) is 0 Å². The van der Waals surface area contributed by atoms with Gasteiger partial charge in [0.2, 0.25) is 11.8 Å². The highest BCUT2D eigenvalue weighted by Crippen LogP contribution is 2.47. The van der Waals surface area contributed by atoms with Gasteiger partial charge < -0.3 is 9.80 Å². The molecule has 1 aromatic rings. The molecule has 2 aliphatic rings. The standard InChI is InChI=1S/C20H28N2O2S/c1-19(2,3)15-8-6-14(7-9-15)12-21(5)18(24)16-13-25-20(4)11-10-17(23)22(16)20/h6-9,16H,10-13H2,1-5H3/t16-,20-/m1/s1. The minimum atomic E-state index is -0.316. The van der Waals surface area contributed by atoms with Gasteiger partial charge in [0.05, 0.1) is 4.87 Å². The van der Waals surface area contributed by atoms with Crippen molar-refractivity contribution in [2.45, 2.75) is 63.4 Å². The summed E-state index contributed by atoms with van der Waals surface area (Å²) in [6.07, 6.45) is 1.41. The van der Waals surface area contributed by atoms with Gasteiger partial charge in [-0.05, 0) is 29.9 Å². The van der Waals surface area contributed by atoms with Gasteiger partial charge in [0.1, 0.15) is 6.04 Å². The molecule has 5 heteroatoms. The number of rotatable bonds is 3. The lowest BCUT2D eigenvalue weighted by atomic mass is 9.87. The van der Waals surface area contributed by atoms with Gasteiger partial charge in [-0.2, -0.15) is 0 Å². The minimum absolute atomic E-state index is 0.0476. The highest BCUT2D eigenvalue weighted by Gasteiger charge is 2.53. The Kier molecular flexibility index (Phi) is 4.65. The van der Waals surface area contributed by atoms with E-state index in [0.717, 1.165) is 12.0 Å². The van der Waals surface area contributed by atoms with E-state index in [0.29, 0.717) is 18.7 Å². The van der Waals surface area contributed by atoms with Crippen molar-refractivity contribution in [3.05, 3.63) is 35.4 Å². The molecular formula is C20H28N2O2S. The third-order valence-corrected chi connectivity index (χ3v) is 6.85. The lowest BCUT2D eigenvalue weighted by Crippen LogP contribution is -2.50. The molecular weight excluding hydrogens is 332 g/mol. The van der Waals surface area contributed by atoms with E-state index >= 15 is 0 Å². The lowest BCUT2D eigenvalue weighted by molar-refractivity contribution is -0.143. The first-order valence-corrected chi connectivity index (χ1v) is 9.91. The molecule has 0 aliphatic carbocycles. The number of hydrogen-bond donors (Lipinski definition) is 0. The fraction of sp³-hybridized carbons (Fsp3) is 0.600. The summed E-state index contributed by atoms with van der Waals surface area (Å²) in [5.74, 6) is 0.870. The second-order valence-corrected chi connectivity index (χ2v) is 9.91. The maximum atomic E-state index is 12.9. The Morgan fingerprint density at radius 2 is 1.96 bits per heavy atom. The molecule has 2 saturated heterocycles. The van der Waals surface area contributed by atoms with Crippen LogP contribution in [0.25, 0.3) is 0 Å². The van der Waals surface area contributed by atoms with Crippen LogP contribution in [0, 0.1) is 0 Å². The molecule has 4 nitrogen and oxygen atoms in total. The third kappa shape index (κ3) is 3.43. The topological polar surface area (TPSA) is 40.6 Å². The number of thioether (sulfide) groups is 1. The Balaban J connectivity index is 1.68. The summed E-state index contributed by atoms with van der Waals surface area (Å²) in [5.41, 5.74) is 2.53. The number of benzene rings is 1. The van der Waals surface area contributed by atoms with Crippen molar-refractivity contribution in [3.8, 4) is 0 Å². The van der Waals surface area contributed by atoms with Gasteiger partial charge in [0.25, 0.3) is 0 Å². The summed E-state index contributed by atoms with van der Waals surface area (Å²) in [6.45, 7) is 9.24. The van der Waals surface area contributed by atoms with Crippen LogP contribution in [0.2, 0.25) is 0 Å². The molecule has 3 rings (SSSR count). The monoisotopic (exact) mass is 360 g/mol. The molecule has 0 spiro atoms. The maximum absolute atomic E-state index is 12.9. The number of hydrogen-bond acceptors (Lipinski definition) is 3. The van der Waals surface area contributed by atoms with Crippen LogP contribution in [0.1, 0.15) is 51.7 Å². The first kappa shape index (κ1) is 18.3. The third-order valence-electron chi connectivity index (χ3n) is 5.35. The van der Waals surface area contributed by atoms with Gasteiger partial charge >= 0.3 is 0 Å². The quantitative estimate of drug-likeness (QED) is 0.829. The highest BCUT2D eigenvalue weighted by atomic mass is 32.2. The van der Waals surface area contributed by atoms with Gasteiger partial charge in [-0.1, -0.05) is 45.0 Å². The predicted molar refractivity (Wildman–Crippen MR) is 102 cm³/mol. The summed E-state index contributed by atoms with van der Waals surface area (Å²) in [6, 6.07) is 8.15. The summed E-state index contributed by atoms with van der Waals surface area (Å²) < 4.78 is 0. The van der Waals surface area contributed by atoms with Crippen LogP contribution in [-0.2, 0) is 21.5 Å². The molecule has 0 aromatic heterocycles.